The lowest BCUT2D eigenvalue weighted by Crippen LogP contribution is -2.42. The second-order valence-corrected chi connectivity index (χ2v) is 6.12. The molecule has 1 aliphatic heterocycles. The number of amides is 1. The minimum absolute atomic E-state index is 0.0251. The Bertz CT molecular complexity index is 835. The van der Waals surface area contributed by atoms with Crippen molar-refractivity contribution >= 4 is 11.9 Å². The fourth-order valence-corrected chi connectivity index (χ4v) is 3.06. The van der Waals surface area contributed by atoms with E-state index >= 15 is 0 Å². The van der Waals surface area contributed by atoms with Crippen LogP contribution in [0.1, 0.15) is 23.2 Å². The zero-order chi connectivity index (χ0) is 18.1. The number of piperidine rings is 1. The van der Waals surface area contributed by atoms with E-state index in [4.69, 9.17) is 5.11 Å². The van der Waals surface area contributed by atoms with Crippen LogP contribution in [0.3, 0.4) is 0 Å². The molecule has 0 aliphatic carbocycles. The maximum Gasteiger partial charge on any atom is 0.308 e. The smallest absolute Gasteiger partial charge is 0.308 e. The number of aryl methyl sites for hydroxylation is 1. The Morgan fingerprint density at radius 1 is 1.32 bits per heavy atom. The molecule has 132 valence electrons. The molecule has 1 amide bonds. The number of carbonyl (C=O) groups excluding carboxylic acids is 1. The van der Waals surface area contributed by atoms with E-state index in [1.807, 2.05) is 0 Å². The second kappa shape index (κ2) is 6.62. The lowest BCUT2D eigenvalue weighted by atomic mass is 9.97. The number of hydrogen-bond acceptors (Lipinski definition) is 3. The zero-order valence-corrected chi connectivity index (χ0v) is 13.6. The fraction of sp³-hybridized carbons (Fsp3) is 0.353. The number of nitrogens with zero attached hydrogens (tertiary/aromatic N) is 3. The van der Waals surface area contributed by atoms with Gasteiger partial charge < -0.3 is 10.0 Å². The number of hydrogen-bond donors (Lipinski definition) is 1. The Balaban J connectivity index is 1.95. The van der Waals surface area contributed by atoms with Crippen LogP contribution in [0.15, 0.2) is 24.4 Å². The molecular formula is C17H17F2N3O3. The van der Waals surface area contributed by atoms with Gasteiger partial charge in [0.1, 0.15) is 17.3 Å². The Morgan fingerprint density at radius 3 is 2.76 bits per heavy atom. The first-order valence-corrected chi connectivity index (χ1v) is 7.88. The third-order valence-corrected chi connectivity index (χ3v) is 4.30. The number of carbonyl (C=O) groups is 2. The van der Waals surface area contributed by atoms with Crippen molar-refractivity contribution in [3.05, 3.63) is 41.6 Å². The summed E-state index contributed by atoms with van der Waals surface area (Å²) in [6.07, 6.45) is 2.57. The Labute approximate surface area is 142 Å². The first-order valence-electron chi connectivity index (χ1n) is 7.88. The van der Waals surface area contributed by atoms with Gasteiger partial charge in [0.05, 0.1) is 11.5 Å². The quantitative estimate of drug-likeness (QED) is 0.923. The molecule has 1 saturated heterocycles. The summed E-state index contributed by atoms with van der Waals surface area (Å²) >= 11 is 0. The zero-order valence-electron chi connectivity index (χ0n) is 13.6. The van der Waals surface area contributed by atoms with Gasteiger partial charge in [-0.3, -0.25) is 14.3 Å². The lowest BCUT2D eigenvalue weighted by Gasteiger charge is -2.30. The molecule has 1 fully saturated rings. The van der Waals surface area contributed by atoms with Crippen LogP contribution >= 0.6 is 0 Å². The topological polar surface area (TPSA) is 75.4 Å². The molecule has 1 aromatic carbocycles. The van der Waals surface area contributed by atoms with Gasteiger partial charge in [-0.1, -0.05) is 0 Å². The van der Waals surface area contributed by atoms with Crippen molar-refractivity contribution in [1.82, 2.24) is 14.7 Å². The first-order chi connectivity index (χ1) is 11.9. The summed E-state index contributed by atoms with van der Waals surface area (Å²) in [5.74, 6) is -3.48. The molecule has 2 heterocycles. The van der Waals surface area contributed by atoms with Crippen LogP contribution in [0.25, 0.3) is 11.3 Å². The monoisotopic (exact) mass is 349 g/mol. The number of aliphatic carboxylic acids is 1. The van der Waals surface area contributed by atoms with Crippen molar-refractivity contribution in [3.63, 3.8) is 0 Å². The van der Waals surface area contributed by atoms with Gasteiger partial charge in [0.15, 0.2) is 0 Å². The standard InChI is InChI=1S/C17H17F2N3O3/c1-21-9-13(15(20-21)12-5-4-11(18)7-14(12)19)16(23)22-6-2-3-10(8-22)17(24)25/h4-5,7,9-10H,2-3,6,8H2,1H3,(H,24,25)/t10-/m1/s1. The summed E-state index contributed by atoms with van der Waals surface area (Å²) < 4.78 is 28.6. The Morgan fingerprint density at radius 2 is 2.08 bits per heavy atom. The maximum atomic E-state index is 14.1. The van der Waals surface area contributed by atoms with E-state index < -0.39 is 29.4 Å². The average molecular weight is 349 g/mol. The van der Waals surface area contributed by atoms with Crippen LogP contribution in [-0.4, -0.2) is 44.8 Å². The molecule has 1 atom stereocenters. The minimum atomic E-state index is -0.937. The predicted octanol–water partition coefficient (Wildman–Crippen LogP) is 2.30. The Hall–Kier alpha value is -2.77. The highest BCUT2D eigenvalue weighted by Gasteiger charge is 2.31. The van der Waals surface area contributed by atoms with E-state index in [9.17, 15) is 18.4 Å². The Kier molecular flexibility index (Phi) is 4.52. The van der Waals surface area contributed by atoms with E-state index in [2.05, 4.69) is 5.10 Å². The summed E-state index contributed by atoms with van der Waals surface area (Å²) in [6, 6.07) is 3.07. The number of likely N-dealkylation sites (tertiary alicyclic amines) is 1. The molecule has 0 bridgehead atoms. The van der Waals surface area contributed by atoms with Crippen molar-refractivity contribution in [3.8, 4) is 11.3 Å². The second-order valence-electron chi connectivity index (χ2n) is 6.12. The summed E-state index contributed by atoms with van der Waals surface area (Å²) in [5, 5.41) is 13.3. The molecular weight excluding hydrogens is 332 g/mol. The molecule has 25 heavy (non-hydrogen) atoms. The van der Waals surface area contributed by atoms with Gasteiger partial charge >= 0.3 is 5.97 Å². The SMILES string of the molecule is Cn1cc(C(=O)N2CCC[C@@H](C(=O)O)C2)c(-c2ccc(F)cc2F)n1. The van der Waals surface area contributed by atoms with Crippen molar-refractivity contribution in [1.29, 1.82) is 0 Å². The molecule has 1 aliphatic rings. The third-order valence-electron chi connectivity index (χ3n) is 4.30. The van der Waals surface area contributed by atoms with E-state index in [0.29, 0.717) is 19.4 Å². The molecule has 2 aromatic rings. The van der Waals surface area contributed by atoms with Crippen LogP contribution in [0.5, 0.6) is 0 Å². The summed E-state index contributed by atoms with van der Waals surface area (Å²) in [6.45, 7) is 0.539. The highest BCUT2D eigenvalue weighted by molar-refractivity contribution is 6.00. The van der Waals surface area contributed by atoms with E-state index in [0.717, 1.165) is 12.1 Å². The molecule has 1 N–H and O–H groups in total. The van der Waals surface area contributed by atoms with Gasteiger partial charge in [0.25, 0.3) is 5.91 Å². The van der Waals surface area contributed by atoms with E-state index in [1.165, 1.54) is 21.8 Å². The number of halogens is 2. The van der Waals surface area contributed by atoms with Crippen LogP contribution < -0.4 is 0 Å². The van der Waals surface area contributed by atoms with Crippen molar-refractivity contribution < 1.29 is 23.5 Å². The molecule has 1 aromatic heterocycles. The van der Waals surface area contributed by atoms with Gasteiger partial charge in [0, 0.05) is 38.0 Å². The van der Waals surface area contributed by atoms with Crippen molar-refractivity contribution in [2.24, 2.45) is 13.0 Å². The number of rotatable bonds is 3. The van der Waals surface area contributed by atoms with Crippen molar-refractivity contribution in [2.75, 3.05) is 13.1 Å². The number of carboxylic acid groups (broad SMARTS) is 1. The largest absolute Gasteiger partial charge is 0.481 e. The third kappa shape index (κ3) is 3.38. The van der Waals surface area contributed by atoms with Gasteiger partial charge in [-0.15, -0.1) is 0 Å². The van der Waals surface area contributed by atoms with E-state index in [-0.39, 0.29) is 23.4 Å². The first kappa shape index (κ1) is 17.1. The molecule has 8 heteroatoms. The number of benzene rings is 1. The average Bonchev–Trinajstić information content (AvgIpc) is 2.95. The molecule has 0 spiro atoms. The molecule has 0 unspecified atom stereocenters. The van der Waals surface area contributed by atoms with Gasteiger partial charge in [-0.25, -0.2) is 8.78 Å². The summed E-state index contributed by atoms with van der Waals surface area (Å²) in [4.78, 5) is 25.5. The number of carboxylic acids is 1. The maximum absolute atomic E-state index is 14.1. The summed E-state index contributed by atoms with van der Waals surface area (Å²) in [7, 11) is 1.60. The minimum Gasteiger partial charge on any atom is -0.481 e. The predicted molar refractivity (Wildman–Crippen MR) is 84.8 cm³/mol. The highest BCUT2D eigenvalue weighted by Crippen LogP contribution is 2.28. The van der Waals surface area contributed by atoms with Gasteiger partial charge in [0.2, 0.25) is 0 Å². The highest BCUT2D eigenvalue weighted by atomic mass is 19.1. The van der Waals surface area contributed by atoms with Crippen LogP contribution in [-0.2, 0) is 11.8 Å². The molecule has 0 saturated carbocycles. The number of aromatic nitrogens is 2. The van der Waals surface area contributed by atoms with Gasteiger partial charge in [-0.05, 0) is 25.0 Å². The molecule has 3 rings (SSSR count). The van der Waals surface area contributed by atoms with E-state index in [1.54, 1.807) is 7.05 Å². The normalized spacial score (nSPS) is 17.6. The molecule has 0 radical (unpaired) electrons. The lowest BCUT2D eigenvalue weighted by molar-refractivity contribution is -0.143. The van der Waals surface area contributed by atoms with Gasteiger partial charge in [-0.2, -0.15) is 5.10 Å². The van der Waals surface area contributed by atoms with Crippen LogP contribution in [0, 0.1) is 17.6 Å². The summed E-state index contributed by atoms with van der Waals surface area (Å²) in [5.41, 5.74) is 0.304. The van der Waals surface area contributed by atoms with Crippen LogP contribution in [0.2, 0.25) is 0 Å². The van der Waals surface area contributed by atoms with Crippen molar-refractivity contribution in [2.45, 2.75) is 12.8 Å². The van der Waals surface area contributed by atoms with Crippen LogP contribution in [0.4, 0.5) is 8.78 Å². The molecule has 6 nitrogen and oxygen atoms in total. The fourth-order valence-electron chi connectivity index (χ4n) is 3.06.